The highest BCUT2D eigenvalue weighted by Crippen LogP contribution is 2.20. The molecule has 0 spiro atoms. The van der Waals surface area contributed by atoms with Gasteiger partial charge >= 0.3 is 0 Å². The molecular weight excluding hydrogens is 352 g/mol. The van der Waals surface area contributed by atoms with Gasteiger partial charge in [-0.15, -0.1) is 0 Å². The second-order valence-electron chi connectivity index (χ2n) is 7.62. The van der Waals surface area contributed by atoms with Gasteiger partial charge in [-0.25, -0.2) is 0 Å². The van der Waals surface area contributed by atoms with E-state index in [1.54, 1.807) is 17.3 Å². The van der Waals surface area contributed by atoms with Crippen molar-refractivity contribution in [2.45, 2.75) is 25.9 Å². The van der Waals surface area contributed by atoms with Crippen molar-refractivity contribution in [3.05, 3.63) is 65.5 Å². The summed E-state index contributed by atoms with van der Waals surface area (Å²) in [6.07, 6.45) is 4.80. The Morgan fingerprint density at radius 3 is 2.75 bits per heavy atom. The molecular formula is C22H26N4O2. The van der Waals surface area contributed by atoms with E-state index in [4.69, 9.17) is 0 Å². The Hall–Kier alpha value is -2.73. The Bertz CT molecular complexity index is 839. The Labute approximate surface area is 165 Å². The largest absolute Gasteiger partial charge is 0.355 e. The first-order valence-electron chi connectivity index (χ1n) is 9.92. The predicted octanol–water partition coefficient (Wildman–Crippen LogP) is 1.60. The highest BCUT2D eigenvalue weighted by atomic mass is 16.2. The van der Waals surface area contributed by atoms with Crippen molar-refractivity contribution >= 4 is 11.8 Å². The zero-order chi connectivity index (χ0) is 19.3. The Morgan fingerprint density at radius 2 is 1.93 bits per heavy atom. The maximum atomic E-state index is 12.5. The SMILES string of the molecule is O=C(NCCN1CCc2ccccc2C1)C1CC(=O)N(Cc2ccncc2)C1. The van der Waals surface area contributed by atoms with Crippen LogP contribution in [0.2, 0.25) is 0 Å². The fraction of sp³-hybridized carbons (Fsp3) is 0.409. The monoisotopic (exact) mass is 378 g/mol. The van der Waals surface area contributed by atoms with Crippen LogP contribution >= 0.6 is 0 Å². The summed E-state index contributed by atoms with van der Waals surface area (Å²) in [4.78, 5) is 32.9. The molecule has 2 aliphatic rings. The van der Waals surface area contributed by atoms with Gasteiger partial charge in [0.1, 0.15) is 0 Å². The summed E-state index contributed by atoms with van der Waals surface area (Å²) in [7, 11) is 0. The lowest BCUT2D eigenvalue weighted by Gasteiger charge is -2.28. The number of nitrogens with one attached hydrogen (secondary N) is 1. The van der Waals surface area contributed by atoms with Gasteiger partial charge in [-0.1, -0.05) is 24.3 Å². The summed E-state index contributed by atoms with van der Waals surface area (Å²) < 4.78 is 0. The first-order valence-corrected chi connectivity index (χ1v) is 9.92. The van der Waals surface area contributed by atoms with Crippen LogP contribution in [0.25, 0.3) is 0 Å². The number of carbonyl (C=O) groups is 2. The van der Waals surface area contributed by atoms with Crippen molar-refractivity contribution in [1.82, 2.24) is 20.1 Å². The number of carbonyl (C=O) groups excluding carboxylic acids is 2. The first-order chi connectivity index (χ1) is 13.7. The molecule has 2 amide bonds. The third kappa shape index (κ3) is 4.39. The lowest BCUT2D eigenvalue weighted by atomic mass is 10.00. The topological polar surface area (TPSA) is 65.5 Å². The minimum atomic E-state index is -0.253. The molecule has 2 aliphatic heterocycles. The van der Waals surface area contributed by atoms with Gasteiger partial charge in [-0.3, -0.25) is 19.5 Å². The predicted molar refractivity (Wildman–Crippen MR) is 106 cm³/mol. The third-order valence-electron chi connectivity index (χ3n) is 5.65. The standard InChI is InChI=1S/C22H26N4O2/c27-21-13-20(16-26(21)14-17-5-8-23-9-6-17)22(28)24-10-12-25-11-7-18-3-1-2-4-19(18)15-25/h1-6,8-9,20H,7,10-16H2,(H,24,28). The highest BCUT2D eigenvalue weighted by molar-refractivity contribution is 5.89. The summed E-state index contributed by atoms with van der Waals surface area (Å²) in [6, 6.07) is 12.4. The number of benzene rings is 1. The quantitative estimate of drug-likeness (QED) is 0.829. The van der Waals surface area contributed by atoms with Crippen LogP contribution in [0.4, 0.5) is 0 Å². The van der Waals surface area contributed by atoms with E-state index in [2.05, 4.69) is 39.5 Å². The van der Waals surface area contributed by atoms with E-state index < -0.39 is 0 Å². The minimum absolute atomic E-state index is 0.0111. The van der Waals surface area contributed by atoms with Crippen LogP contribution in [0.5, 0.6) is 0 Å². The molecule has 1 fully saturated rings. The Balaban J connectivity index is 1.22. The lowest BCUT2D eigenvalue weighted by Crippen LogP contribution is -2.40. The van der Waals surface area contributed by atoms with Gasteiger partial charge in [0.25, 0.3) is 0 Å². The third-order valence-corrected chi connectivity index (χ3v) is 5.65. The van der Waals surface area contributed by atoms with Crippen LogP contribution in [-0.2, 0) is 29.1 Å². The smallest absolute Gasteiger partial charge is 0.225 e. The number of hydrogen-bond acceptors (Lipinski definition) is 4. The fourth-order valence-electron chi connectivity index (χ4n) is 4.04. The zero-order valence-corrected chi connectivity index (χ0v) is 16.0. The molecule has 6 nitrogen and oxygen atoms in total. The van der Waals surface area contributed by atoms with Gasteiger partial charge in [0.2, 0.25) is 11.8 Å². The molecule has 0 aliphatic carbocycles. The van der Waals surface area contributed by atoms with E-state index in [1.165, 1.54) is 11.1 Å². The summed E-state index contributed by atoms with van der Waals surface area (Å²) >= 11 is 0. The molecule has 6 heteroatoms. The number of hydrogen-bond donors (Lipinski definition) is 1. The lowest BCUT2D eigenvalue weighted by molar-refractivity contribution is -0.129. The molecule has 1 unspecified atom stereocenters. The van der Waals surface area contributed by atoms with Crippen LogP contribution < -0.4 is 5.32 Å². The van der Waals surface area contributed by atoms with E-state index in [0.717, 1.165) is 31.6 Å². The molecule has 4 rings (SSSR count). The molecule has 0 radical (unpaired) electrons. The van der Waals surface area contributed by atoms with Crippen molar-refractivity contribution in [3.8, 4) is 0 Å². The maximum Gasteiger partial charge on any atom is 0.225 e. The second-order valence-corrected chi connectivity index (χ2v) is 7.62. The van der Waals surface area contributed by atoms with Gasteiger partial charge in [0.05, 0.1) is 5.92 Å². The molecule has 1 N–H and O–H groups in total. The molecule has 0 saturated carbocycles. The van der Waals surface area contributed by atoms with Crippen LogP contribution in [-0.4, -0.2) is 52.8 Å². The van der Waals surface area contributed by atoms with Crippen LogP contribution in [0.1, 0.15) is 23.1 Å². The number of rotatable bonds is 6. The van der Waals surface area contributed by atoms with Crippen LogP contribution in [0, 0.1) is 5.92 Å². The number of fused-ring (bicyclic) bond motifs is 1. The van der Waals surface area contributed by atoms with Crippen molar-refractivity contribution in [2.24, 2.45) is 5.92 Å². The molecule has 146 valence electrons. The number of likely N-dealkylation sites (tertiary alicyclic amines) is 1. The summed E-state index contributed by atoms with van der Waals surface area (Å²) in [5, 5.41) is 3.03. The molecule has 0 bridgehead atoms. The average molecular weight is 378 g/mol. The second kappa shape index (κ2) is 8.52. The van der Waals surface area contributed by atoms with E-state index in [-0.39, 0.29) is 17.7 Å². The van der Waals surface area contributed by atoms with Crippen molar-refractivity contribution in [2.75, 3.05) is 26.2 Å². The average Bonchev–Trinajstić information content (AvgIpc) is 3.09. The molecule has 1 saturated heterocycles. The van der Waals surface area contributed by atoms with Gasteiger partial charge in [-0.2, -0.15) is 0 Å². The maximum absolute atomic E-state index is 12.5. The summed E-state index contributed by atoms with van der Waals surface area (Å²) in [6.45, 7) is 4.45. The first kappa shape index (κ1) is 18.6. The van der Waals surface area contributed by atoms with Crippen molar-refractivity contribution < 1.29 is 9.59 Å². The molecule has 1 aromatic carbocycles. The normalized spacial score (nSPS) is 19.5. The fourth-order valence-corrected chi connectivity index (χ4v) is 4.04. The Kier molecular flexibility index (Phi) is 5.67. The van der Waals surface area contributed by atoms with Gasteiger partial charge in [0.15, 0.2) is 0 Å². The molecule has 2 aromatic rings. The van der Waals surface area contributed by atoms with E-state index in [1.807, 2.05) is 12.1 Å². The number of nitrogens with zero attached hydrogens (tertiary/aromatic N) is 3. The van der Waals surface area contributed by atoms with Gasteiger partial charge in [0, 0.05) is 58.1 Å². The van der Waals surface area contributed by atoms with E-state index in [9.17, 15) is 9.59 Å². The van der Waals surface area contributed by atoms with Gasteiger partial charge < -0.3 is 10.2 Å². The van der Waals surface area contributed by atoms with E-state index >= 15 is 0 Å². The summed E-state index contributed by atoms with van der Waals surface area (Å²) in [5.41, 5.74) is 3.85. The van der Waals surface area contributed by atoms with Crippen LogP contribution in [0.3, 0.4) is 0 Å². The van der Waals surface area contributed by atoms with Crippen LogP contribution in [0.15, 0.2) is 48.8 Å². The van der Waals surface area contributed by atoms with E-state index in [0.29, 0.717) is 26.1 Å². The summed E-state index contributed by atoms with van der Waals surface area (Å²) in [5.74, 6) is -0.219. The zero-order valence-electron chi connectivity index (χ0n) is 16.0. The van der Waals surface area contributed by atoms with Crippen molar-refractivity contribution in [1.29, 1.82) is 0 Å². The minimum Gasteiger partial charge on any atom is -0.355 e. The number of aromatic nitrogens is 1. The van der Waals surface area contributed by atoms with Gasteiger partial charge in [-0.05, 0) is 35.2 Å². The molecule has 3 heterocycles. The molecule has 1 aromatic heterocycles. The number of amides is 2. The molecule has 28 heavy (non-hydrogen) atoms. The number of pyridine rings is 1. The highest BCUT2D eigenvalue weighted by Gasteiger charge is 2.34. The van der Waals surface area contributed by atoms with Crippen molar-refractivity contribution in [3.63, 3.8) is 0 Å². The molecule has 1 atom stereocenters. The Morgan fingerprint density at radius 1 is 1.14 bits per heavy atom.